The molecule has 0 aliphatic rings. The highest BCUT2D eigenvalue weighted by molar-refractivity contribution is 5.85. The molecule has 0 saturated heterocycles. The van der Waals surface area contributed by atoms with Crippen LogP contribution in [0.1, 0.15) is 38.2 Å². The number of rotatable bonds is 7. The van der Waals surface area contributed by atoms with E-state index in [4.69, 9.17) is 5.73 Å². The molecule has 1 atom stereocenters. The number of Topliss-reactive ketones (excluding diaryl/α,β-unsaturated/α-hetero) is 1. The van der Waals surface area contributed by atoms with Gasteiger partial charge < -0.3 is 5.73 Å². The molecule has 0 radical (unpaired) electrons. The average molecular weight is 256 g/mol. The second-order valence-corrected chi connectivity index (χ2v) is 4.22. The van der Waals surface area contributed by atoms with Crippen molar-refractivity contribution < 1.29 is 4.79 Å². The van der Waals surface area contributed by atoms with Gasteiger partial charge in [-0.3, -0.25) is 4.79 Å². The zero-order chi connectivity index (χ0) is 11.8. The third-order valence-corrected chi connectivity index (χ3v) is 2.74. The summed E-state index contributed by atoms with van der Waals surface area (Å²) in [6.07, 6.45) is 4.51. The summed E-state index contributed by atoms with van der Waals surface area (Å²) < 4.78 is 0. The summed E-state index contributed by atoms with van der Waals surface area (Å²) in [7, 11) is 0. The van der Waals surface area contributed by atoms with Gasteiger partial charge in [-0.15, -0.1) is 12.4 Å². The number of ketones is 1. The minimum atomic E-state index is -0.334. The SMILES string of the molecule is CCCCCC(=O)C(N)Cc1ccccc1.Cl. The van der Waals surface area contributed by atoms with Crippen molar-refractivity contribution in [1.82, 2.24) is 0 Å². The second-order valence-electron chi connectivity index (χ2n) is 4.22. The fraction of sp³-hybridized carbons (Fsp3) is 0.500. The van der Waals surface area contributed by atoms with Gasteiger partial charge in [-0.1, -0.05) is 50.1 Å². The van der Waals surface area contributed by atoms with Gasteiger partial charge in [0.1, 0.15) is 5.78 Å². The van der Waals surface area contributed by atoms with Gasteiger partial charge in [0, 0.05) is 6.42 Å². The molecule has 96 valence electrons. The molecule has 3 heteroatoms. The van der Waals surface area contributed by atoms with Crippen LogP contribution in [0.3, 0.4) is 0 Å². The van der Waals surface area contributed by atoms with E-state index in [1.807, 2.05) is 30.3 Å². The highest BCUT2D eigenvalue weighted by Crippen LogP contribution is 2.06. The summed E-state index contributed by atoms with van der Waals surface area (Å²) in [6, 6.07) is 9.61. The van der Waals surface area contributed by atoms with E-state index in [0.29, 0.717) is 12.8 Å². The molecule has 1 aromatic rings. The van der Waals surface area contributed by atoms with Crippen molar-refractivity contribution in [3.05, 3.63) is 35.9 Å². The highest BCUT2D eigenvalue weighted by Gasteiger charge is 2.12. The number of hydrogen-bond acceptors (Lipinski definition) is 2. The Hall–Kier alpha value is -0.860. The zero-order valence-corrected chi connectivity index (χ0v) is 11.2. The Morgan fingerprint density at radius 2 is 1.88 bits per heavy atom. The molecule has 0 aromatic heterocycles. The fourth-order valence-electron chi connectivity index (χ4n) is 1.72. The Bertz CT molecular complexity index is 313. The van der Waals surface area contributed by atoms with Gasteiger partial charge in [0.15, 0.2) is 0 Å². The fourth-order valence-corrected chi connectivity index (χ4v) is 1.72. The first-order chi connectivity index (χ1) is 7.74. The van der Waals surface area contributed by atoms with Crippen molar-refractivity contribution in [2.75, 3.05) is 0 Å². The Morgan fingerprint density at radius 3 is 2.47 bits per heavy atom. The molecule has 0 aliphatic heterocycles. The van der Waals surface area contributed by atoms with Crippen LogP contribution in [0.4, 0.5) is 0 Å². The van der Waals surface area contributed by atoms with E-state index in [9.17, 15) is 4.79 Å². The minimum absolute atomic E-state index is 0. The predicted octanol–water partition coefficient (Wildman–Crippen LogP) is 3.13. The Balaban J connectivity index is 0.00000256. The van der Waals surface area contributed by atoms with E-state index < -0.39 is 0 Å². The molecule has 1 aromatic carbocycles. The molecule has 2 nitrogen and oxygen atoms in total. The Kier molecular flexibility index (Phi) is 8.73. The number of carbonyl (C=O) groups excluding carboxylic acids is 1. The monoisotopic (exact) mass is 255 g/mol. The topological polar surface area (TPSA) is 43.1 Å². The normalized spacial score (nSPS) is 11.6. The van der Waals surface area contributed by atoms with Crippen LogP contribution in [0, 0.1) is 0 Å². The van der Waals surface area contributed by atoms with Gasteiger partial charge in [-0.2, -0.15) is 0 Å². The zero-order valence-electron chi connectivity index (χ0n) is 10.4. The van der Waals surface area contributed by atoms with E-state index in [1.54, 1.807) is 0 Å². The molecule has 0 amide bonds. The quantitative estimate of drug-likeness (QED) is 0.761. The maximum absolute atomic E-state index is 11.7. The van der Waals surface area contributed by atoms with Gasteiger partial charge in [0.2, 0.25) is 0 Å². The van der Waals surface area contributed by atoms with Gasteiger partial charge in [-0.05, 0) is 18.4 Å². The molecule has 0 heterocycles. The molecule has 17 heavy (non-hydrogen) atoms. The predicted molar refractivity (Wildman–Crippen MR) is 74.5 cm³/mol. The number of carbonyl (C=O) groups is 1. The molecular weight excluding hydrogens is 234 g/mol. The largest absolute Gasteiger partial charge is 0.321 e. The summed E-state index contributed by atoms with van der Waals surface area (Å²) in [4.78, 5) is 11.7. The van der Waals surface area contributed by atoms with Gasteiger partial charge in [-0.25, -0.2) is 0 Å². The molecular formula is C14H22ClNO. The standard InChI is InChI=1S/C14H21NO.ClH/c1-2-3-5-10-14(16)13(15)11-12-8-6-4-7-9-12;/h4,6-9,13H,2-3,5,10-11,15H2,1H3;1H. The summed E-state index contributed by atoms with van der Waals surface area (Å²) >= 11 is 0. The summed E-state index contributed by atoms with van der Waals surface area (Å²) in [5.41, 5.74) is 7.02. The molecule has 0 saturated carbocycles. The molecule has 1 unspecified atom stereocenters. The van der Waals surface area contributed by atoms with Crippen molar-refractivity contribution >= 4 is 18.2 Å². The lowest BCUT2D eigenvalue weighted by molar-refractivity contribution is -0.120. The van der Waals surface area contributed by atoms with Crippen LogP contribution in [-0.4, -0.2) is 11.8 Å². The van der Waals surface area contributed by atoms with E-state index in [1.165, 1.54) is 0 Å². The Labute approximate surface area is 110 Å². The van der Waals surface area contributed by atoms with Crippen molar-refractivity contribution in [3.8, 4) is 0 Å². The van der Waals surface area contributed by atoms with Crippen molar-refractivity contribution in [2.45, 2.75) is 45.1 Å². The number of hydrogen-bond donors (Lipinski definition) is 1. The first-order valence-electron chi connectivity index (χ1n) is 6.06. The van der Waals surface area contributed by atoms with Crippen LogP contribution in [0.15, 0.2) is 30.3 Å². The van der Waals surface area contributed by atoms with Gasteiger partial charge >= 0.3 is 0 Å². The lowest BCUT2D eigenvalue weighted by atomic mass is 10.00. The number of nitrogens with two attached hydrogens (primary N) is 1. The first kappa shape index (κ1) is 16.1. The maximum Gasteiger partial charge on any atom is 0.149 e. The van der Waals surface area contributed by atoms with E-state index >= 15 is 0 Å². The second kappa shape index (κ2) is 9.20. The molecule has 0 fully saturated rings. The number of benzene rings is 1. The van der Waals surface area contributed by atoms with Crippen LogP contribution in [0.5, 0.6) is 0 Å². The smallest absolute Gasteiger partial charge is 0.149 e. The van der Waals surface area contributed by atoms with E-state index in [-0.39, 0.29) is 24.2 Å². The first-order valence-corrected chi connectivity index (χ1v) is 6.06. The van der Waals surface area contributed by atoms with Crippen molar-refractivity contribution in [1.29, 1.82) is 0 Å². The highest BCUT2D eigenvalue weighted by atomic mass is 35.5. The van der Waals surface area contributed by atoms with Crippen molar-refractivity contribution in [2.24, 2.45) is 5.73 Å². The van der Waals surface area contributed by atoms with Gasteiger partial charge in [0.25, 0.3) is 0 Å². The van der Waals surface area contributed by atoms with Crippen molar-refractivity contribution in [3.63, 3.8) is 0 Å². The van der Waals surface area contributed by atoms with E-state index in [0.717, 1.165) is 24.8 Å². The molecule has 1 rings (SSSR count). The third-order valence-electron chi connectivity index (χ3n) is 2.74. The maximum atomic E-state index is 11.7. The molecule has 0 spiro atoms. The lowest BCUT2D eigenvalue weighted by Gasteiger charge is -2.10. The average Bonchev–Trinajstić information content (AvgIpc) is 2.30. The number of halogens is 1. The molecule has 0 aliphatic carbocycles. The summed E-state index contributed by atoms with van der Waals surface area (Å²) in [5, 5.41) is 0. The Morgan fingerprint density at radius 1 is 1.24 bits per heavy atom. The summed E-state index contributed by atoms with van der Waals surface area (Å²) in [5.74, 6) is 0.192. The van der Waals surface area contributed by atoms with E-state index in [2.05, 4.69) is 6.92 Å². The molecule has 0 bridgehead atoms. The summed E-state index contributed by atoms with van der Waals surface area (Å²) in [6.45, 7) is 2.13. The lowest BCUT2D eigenvalue weighted by Crippen LogP contribution is -2.32. The van der Waals surface area contributed by atoms with Crippen LogP contribution >= 0.6 is 12.4 Å². The van der Waals surface area contributed by atoms with Crippen LogP contribution in [0.25, 0.3) is 0 Å². The van der Waals surface area contributed by atoms with Crippen LogP contribution < -0.4 is 5.73 Å². The third kappa shape index (κ3) is 6.44. The van der Waals surface area contributed by atoms with Crippen LogP contribution in [-0.2, 0) is 11.2 Å². The molecule has 2 N–H and O–H groups in total. The van der Waals surface area contributed by atoms with Crippen LogP contribution in [0.2, 0.25) is 0 Å². The minimum Gasteiger partial charge on any atom is -0.321 e. The van der Waals surface area contributed by atoms with Gasteiger partial charge in [0.05, 0.1) is 6.04 Å². The number of unbranched alkanes of at least 4 members (excludes halogenated alkanes) is 2.